The van der Waals surface area contributed by atoms with E-state index in [-0.39, 0.29) is 5.56 Å². The molecule has 0 unspecified atom stereocenters. The molecule has 0 saturated heterocycles. The van der Waals surface area contributed by atoms with Gasteiger partial charge in [-0.15, -0.1) is 11.3 Å². The quantitative estimate of drug-likeness (QED) is 0.688. The first-order chi connectivity index (χ1) is 12.0. The summed E-state index contributed by atoms with van der Waals surface area (Å²) in [5, 5.41) is 2.10. The minimum atomic E-state index is -0.0840. The Hall–Kier alpha value is -2.34. The number of thiazole rings is 1. The highest BCUT2D eigenvalue weighted by molar-refractivity contribution is 7.07. The van der Waals surface area contributed by atoms with Crippen LogP contribution < -0.4 is 10.4 Å². The highest BCUT2D eigenvalue weighted by Crippen LogP contribution is 2.16. The maximum atomic E-state index is 13.0. The number of unbranched alkanes of at least 4 members (excludes halogenated alkanes) is 1. The summed E-state index contributed by atoms with van der Waals surface area (Å²) in [5.74, 6) is 0. The third-order valence-electron chi connectivity index (χ3n) is 4.46. The van der Waals surface area contributed by atoms with E-state index in [1.807, 2.05) is 49.0 Å². The summed E-state index contributed by atoms with van der Waals surface area (Å²) in [6.07, 6.45) is 2.24. The lowest BCUT2D eigenvalue weighted by Gasteiger charge is -2.07. The second-order valence-electron chi connectivity index (χ2n) is 6.19. The van der Waals surface area contributed by atoms with Gasteiger partial charge in [0.2, 0.25) is 0 Å². The number of rotatable bonds is 5. The van der Waals surface area contributed by atoms with Crippen molar-refractivity contribution in [3.05, 3.63) is 62.3 Å². The minimum Gasteiger partial charge on any atom is -0.321 e. The van der Waals surface area contributed by atoms with Gasteiger partial charge in [0, 0.05) is 24.7 Å². The topological polar surface area (TPSA) is 44.2 Å². The van der Waals surface area contributed by atoms with Crippen molar-refractivity contribution in [3.63, 3.8) is 0 Å². The highest BCUT2D eigenvalue weighted by atomic mass is 32.1. The van der Waals surface area contributed by atoms with Crippen molar-refractivity contribution in [2.75, 3.05) is 0 Å². The molecule has 0 N–H and O–H groups in total. The predicted octanol–water partition coefficient (Wildman–Crippen LogP) is 3.69. The fourth-order valence-corrected chi connectivity index (χ4v) is 3.78. The molecule has 132 valence electrons. The molecular formula is C19H24N4OS. The number of hydrogen-bond donors (Lipinski definition) is 0. The predicted molar refractivity (Wildman–Crippen MR) is 103 cm³/mol. The second-order valence-corrected chi connectivity index (χ2v) is 7.02. The molecule has 0 saturated carbocycles. The Morgan fingerprint density at radius 1 is 1.16 bits per heavy atom. The fourth-order valence-electron chi connectivity index (χ4n) is 2.87. The Morgan fingerprint density at radius 2 is 1.88 bits per heavy atom. The lowest BCUT2D eigenvalue weighted by molar-refractivity contribution is 0.605. The summed E-state index contributed by atoms with van der Waals surface area (Å²) in [5.41, 5.74) is 3.33. The van der Waals surface area contributed by atoms with E-state index in [0.717, 1.165) is 35.6 Å². The number of para-hydroxylation sites is 1. The number of hydrogen-bond acceptors (Lipinski definition) is 3. The Labute approximate surface area is 151 Å². The molecule has 5 nitrogen and oxygen atoms in total. The van der Waals surface area contributed by atoms with Crippen LogP contribution in [0, 0.1) is 13.8 Å². The molecule has 0 radical (unpaired) electrons. The number of aryl methyl sites for hydroxylation is 1. The lowest BCUT2D eigenvalue weighted by atomic mass is 10.3. The average molecular weight is 356 g/mol. The zero-order valence-corrected chi connectivity index (χ0v) is 16.0. The summed E-state index contributed by atoms with van der Waals surface area (Å²) < 4.78 is 5.74. The van der Waals surface area contributed by atoms with Crippen molar-refractivity contribution in [2.24, 2.45) is 12.0 Å². The molecule has 1 aromatic carbocycles. The number of aromatic nitrogens is 3. The van der Waals surface area contributed by atoms with Crippen molar-refractivity contribution in [1.29, 1.82) is 0 Å². The summed E-state index contributed by atoms with van der Waals surface area (Å²) in [6.45, 7) is 7.14. The molecule has 3 rings (SSSR count). The molecule has 0 amide bonds. The molecule has 0 bridgehead atoms. The Kier molecular flexibility index (Phi) is 5.08. The van der Waals surface area contributed by atoms with E-state index < -0.39 is 0 Å². The molecule has 2 aromatic heterocycles. The van der Waals surface area contributed by atoms with Crippen molar-refractivity contribution < 1.29 is 0 Å². The van der Waals surface area contributed by atoms with Crippen LogP contribution in [0.3, 0.4) is 0 Å². The van der Waals surface area contributed by atoms with Gasteiger partial charge in [-0.3, -0.25) is 9.48 Å². The molecule has 25 heavy (non-hydrogen) atoms. The Balaban J connectivity index is 2.16. The van der Waals surface area contributed by atoms with Crippen LogP contribution in [0.15, 0.2) is 45.5 Å². The van der Waals surface area contributed by atoms with Gasteiger partial charge in [0.1, 0.15) is 0 Å². The van der Waals surface area contributed by atoms with Crippen LogP contribution in [0.5, 0.6) is 0 Å². The van der Waals surface area contributed by atoms with Crippen molar-refractivity contribution >= 4 is 17.0 Å². The van der Waals surface area contributed by atoms with Crippen LogP contribution >= 0.6 is 11.3 Å². The second kappa shape index (κ2) is 7.27. The third kappa shape index (κ3) is 3.26. The van der Waals surface area contributed by atoms with Gasteiger partial charge in [-0.25, -0.2) is 9.67 Å². The van der Waals surface area contributed by atoms with Crippen LogP contribution in [-0.2, 0) is 13.6 Å². The van der Waals surface area contributed by atoms with E-state index in [9.17, 15) is 4.79 Å². The molecule has 0 aliphatic rings. The molecule has 6 heteroatoms. The van der Waals surface area contributed by atoms with Gasteiger partial charge in [-0.1, -0.05) is 31.5 Å². The molecular weight excluding hydrogens is 332 g/mol. The first kappa shape index (κ1) is 17.5. The highest BCUT2D eigenvalue weighted by Gasteiger charge is 2.16. The maximum Gasteiger partial charge on any atom is 0.297 e. The first-order valence-corrected chi connectivity index (χ1v) is 9.46. The van der Waals surface area contributed by atoms with Gasteiger partial charge in [-0.05, 0) is 32.4 Å². The van der Waals surface area contributed by atoms with Crippen LogP contribution in [0.25, 0.3) is 5.69 Å². The largest absolute Gasteiger partial charge is 0.321 e. The molecule has 0 aliphatic heterocycles. The van der Waals surface area contributed by atoms with Crippen LogP contribution in [0.2, 0.25) is 0 Å². The standard InChI is InChI=1S/C19H24N4OS/c1-5-6-12-22-14(2)13-25-19(22)20-17-15(3)21(4)23(18(17)24)16-10-8-7-9-11-16/h7-11,13H,5-6,12H2,1-4H3. The summed E-state index contributed by atoms with van der Waals surface area (Å²) in [6, 6.07) is 9.67. The summed E-state index contributed by atoms with van der Waals surface area (Å²) >= 11 is 1.59. The van der Waals surface area contributed by atoms with Crippen molar-refractivity contribution in [2.45, 2.75) is 40.2 Å². The van der Waals surface area contributed by atoms with E-state index in [0.29, 0.717) is 5.69 Å². The monoisotopic (exact) mass is 356 g/mol. The normalized spacial score (nSPS) is 12.1. The van der Waals surface area contributed by atoms with Gasteiger partial charge >= 0.3 is 0 Å². The average Bonchev–Trinajstić information content (AvgIpc) is 3.06. The smallest absolute Gasteiger partial charge is 0.297 e. The number of nitrogens with zero attached hydrogens (tertiary/aromatic N) is 4. The molecule has 0 aliphatic carbocycles. The van der Waals surface area contributed by atoms with Gasteiger partial charge in [0.05, 0.1) is 11.4 Å². The fraction of sp³-hybridized carbons (Fsp3) is 0.368. The zero-order chi connectivity index (χ0) is 18.0. The van der Waals surface area contributed by atoms with Crippen molar-refractivity contribution in [1.82, 2.24) is 13.9 Å². The number of benzene rings is 1. The van der Waals surface area contributed by atoms with E-state index >= 15 is 0 Å². The van der Waals surface area contributed by atoms with Crippen molar-refractivity contribution in [3.8, 4) is 5.69 Å². The molecule has 0 spiro atoms. The summed E-state index contributed by atoms with van der Waals surface area (Å²) in [7, 11) is 1.90. The van der Waals surface area contributed by atoms with Crippen LogP contribution in [-0.4, -0.2) is 13.9 Å². The zero-order valence-electron chi connectivity index (χ0n) is 15.2. The molecule has 0 fully saturated rings. The third-order valence-corrected chi connectivity index (χ3v) is 5.44. The van der Waals surface area contributed by atoms with E-state index in [4.69, 9.17) is 4.99 Å². The Morgan fingerprint density at radius 3 is 2.56 bits per heavy atom. The molecule has 3 aromatic rings. The summed E-state index contributed by atoms with van der Waals surface area (Å²) in [4.78, 5) is 18.6. The van der Waals surface area contributed by atoms with Gasteiger partial charge in [-0.2, -0.15) is 0 Å². The SMILES string of the molecule is CCCCn1c(C)csc1=Nc1c(C)n(C)n(-c2ccccc2)c1=O. The molecule has 0 atom stereocenters. The first-order valence-electron chi connectivity index (χ1n) is 8.58. The van der Waals surface area contributed by atoms with Crippen LogP contribution in [0.4, 0.5) is 5.69 Å². The van der Waals surface area contributed by atoms with E-state index in [1.165, 1.54) is 5.69 Å². The van der Waals surface area contributed by atoms with Crippen LogP contribution in [0.1, 0.15) is 31.2 Å². The maximum absolute atomic E-state index is 13.0. The minimum absolute atomic E-state index is 0.0840. The Bertz CT molecular complexity index is 989. The molecule has 2 heterocycles. The van der Waals surface area contributed by atoms with Gasteiger partial charge in [0.25, 0.3) is 5.56 Å². The lowest BCUT2D eigenvalue weighted by Crippen LogP contribution is -2.20. The van der Waals surface area contributed by atoms with Gasteiger partial charge < -0.3 is 4.57 Å². The van der Waals surface area contributed by atoms with E-state index in [2.05, 4.69) is 23.8 Å². The van der Waals surface area contributed by atoms with E-state index in [1.54, 1.807) is 16.0 Å². The van der Waals surface area contributed by atoms with Gasteiger partial charge in [0.15, 0.2) is 10.5 Å².